The quantitative estimate of drug-likeness (QED) is 0.361. The van der Waals surface area contributed by atoms with Crippen molar-refractivity contribution in [2.24, 2.45) is 0 Å². The second-order valence-corrected chi connectivity index (χ2v) is 7.46. The molecule has 0 aromatic heterocycles. The SMILES string of the molecule is CC1(C)c2cc(-c3ccccc3)ccc2-c2ccc3ccccc3c21. The number of hydrogen-bond acceptors (Lipinski definition) is 0. The van der Waals surface area contributed by atoms with Gasteiger partial charge in [0.2, 0.25) is 0 Å². The summed E-state index contributed by atoms with van der Waals surface area (Å²) in [6.45, 7) is 4.72. The monoisotopic (exact) mass is 320 g/mol. The van der Waals surface area contributed by atoms with Gasteiger partial charge in [-0.15, -0.1) is 0 Å². The minimum atomic E-state index is 0.0102. The Morgan fingerprint density at radius 1 is 0.600 bits per heavy atom. The Bertz CT molecular complexity index is 1100. The molecular formula is C25H20. The fourth-order valence-electron chi connectivity index (χ4n) is 4.41. The predicted molar refractivity (Wildman–Crippen MR) is 107 cm³/mol. The van der Waals surface area contributed by atoms with E-state index in [1.54, 1.807) is 0 Å². The van der Waals surface area contributed by atoms with Crippen LogP contribution in [0.5, 0.6) is 0 Å². The Kier molecular flexibility index (Phi) is 2.93. The van der Waals surface area contributed by atoms with Gasteiger partial charge in [0.1, 0.15) is 0 Å². The first-order valence-corrected chi connectivity index (χ1v) is 8.89. The van der Waals surface area contributed by atoms with E-state index in [9.17, 15) is 0 Å². The fourth-order valence-corrected chi connectivity index (χ4v) is 4.41. The number of fused-ring (bicyclic) bond motifs is 5. The average molecular weight is 320 g/mol. The van der Waals surface area contributed by atoms with Gasteiger partial charge in [0.25, 0.3) is 0 Å². The lowest BCUT2D eigenvalue weighted by Crippen LogP contribution is -2.15. The number of benzene rings is 4. The van der Waals surface area contributed by atoms with Gasteiger partial charge in [-0.05, 0) is 50.2 Å². The highest BCUT2D eigenvalue weighted by molar-refractivity contribution is 5.97. The van der Waals surface area contributed by atoms with E-state index in [0.29, 0.717) is 0 Å². The first kappa shape index (κ1) is 14.5. The van der Waals surface area contributed by atoms with Crippen molar-refractivity contribution in [1.29, 1.82) is 0 Å². The van der Waals surface area contributed by atoms with Gasteiger partial charge in [-0.3, -0.25) is 0 Å². The van der Waals surface area contributed by atoms with Gasteiger partial charge in [0.05, 0.1) is 0 Å². The Morgan fingerprint density at radius 3 is 2.16 bits per heavy atom. The molecule has 0 bridgehead atoms. The largest absolute Gasteiger partial charge is 0.0622 e. The van der Waals surface area contributed by atoms with Crippen LogP contribution < -0.4 is 0 Å². The summed E-state index contributed by atoms with van der Waals surface area (Å²) < 4.78 is 0. The molecule has 0 nitrogen and oxygen atoms in total. The van der Waals surface area contributed by atoms with Crippen LogP contribution in [0.4, 0.5) is 0 Å². The molecule has 0 saturated carbocycles. The molecule has 120 valence electrons. The van der Waals surface area contributed by atoms with Gasteiger partial charge in [-0.25, -0.2) is 0 Å². The Balaban J connectivity index is 1.79. The predicted octanol–water partition coefficient (Wildman–Crippen LogP) is 6.81. The van der Waals surface area contributed by atoms with Crippen molar-refractivity contribution in [2.75, 3.05) is 0 Å². The summed E-state index contributed by atoms with van der Waals surface area (Å²) in [6, 6.07) is 30.9. The highest BCUT2D eigenvalue weighted by atomic mass is 14.4. The first-order chi connectivity index (χ1) is 12.2. The molecule has 0 heteroatoms. The van der Waals surface area contributed by atoms with Crippen LogP contribution in [0.1, 0.15) is 25.0 Å². The fraction of sp³-hybridized carbons (Fsp3) is 0.120. The van der Waals surface area contributed by atoms with Crippen molar-refractivity contribution in [3.8, 4) is 22.3 Å². The second kappa shape index (κ2) is 5.07. The summed E-state index contributed by atoms with van der Waals surface area (Å²) in [5, 5.41) is 2.70. The molecule has 0 atom stereocenters. The highest BCUT2D eigenvalue weighted by Gasteiger charge is 2.36. The van der Waals surface area contributed by atoms with Gasteiger partial charge in [0, 0.05) is 5.41 Å². The van der Waals surface area contributed by atoms with E-state index >= 15 is 0 Å². The van der Waals surface area contributed by atoms with Gasteiger partial charge in [0.15, 0.2) is 0 Å². The van der Waals surface area contributed by atoms with Crippen LogP contribution in [0.3, 0.4) is 0 Å². The van der Waals surface area contributed by atoms with E-state index in [4.69, 9.17) is 0 Å². The molecule has 4 aromatic carbocycles. The van der Waals surface area contributed by atoms with Crippen molar-refractivity contribution in [3.63, 3.8) is 0 Å². The second-order valence-electron chi connectivity index (χ2n) is 7.46. The van der Waals surface area contributed by atoms with Gasteiger partial charge in [-0.1, -0.05) is 92.7 Å². The molecule has 0 saturated heterocycles. The third-order valence-electron chi connectivity index (χ3n) is 5.64. The topological polar surface area (TPSA) is 0 Å². The summed E-state index contributed by atoms with van der Waals surface area (Å²) in [5.74, 6) is 0. The standard InChI is InChI=1S/C25H20/c1-25(2)23-16-19(17-8-4-3-5-9-17)13-14-21(23)22-15-12-18-10-6-7-11-20(18)24(22)25/h3-16H,1-2H3. The van der Waals surface area contributed by atoms with Gasteiger partial charge in [-0.2, -0.15) is 0 Å². The molecule has 1 aliphatic carbocycles. The van der Waals surface area contributed by atoms with E-state index < -0.39 is 0 Å². The average Bonchev–Trinajstić information content (AvgIpc) is 2.90. The minimum absolute atomic E-state index is 0.0102. The lowest BCUT2D eigenvalue weighted by Gasteiger charge is -2.23. The molecule has 0 N–H and O–H groups in total. The first-order valence-electron chi connectivity index (χ1n) is 8.89. The maximum atomic E-state index is 2.39. The summed E-state index contributed by atoms with van der Waals surface area (Å²) in [5.41, 5.74) is 8.25. The smallest absolute Gasteiger partial charge is 0.0165 e. The summed E-state index contributed by atoms with van der Waals surface area (Å²) in [6.07, 6.45) is 0. The van der Waals surface area contributed by atoms with Gasteiger partial charge >= 0.3 is 0 Å². The van der Waals surface area contributed by atoms with Gasteiger partial charge < -0.3 is 0 Å². The molecule has 5 rings (SSSR count). The third kappa shape index (κ3) is 2.01. The molecule has 0 aliphatic heterocycles. The van der Waals surface area contributed by atoms with Crippen LogP contribution in [-0.4, -0.2) is 0 Å². The molecular weight excluding hydrogens is 300 g/mol. The van der Waals surface area contributed by atoms with Crippen molar-refractivity contribution >= 4 is 10.8 Å². The Hall–Kier alpha value is -2.86. The molecule has 0 heterocycles. The van der Waals surface area contributed by atoms with Crippen molar-refractivity contribution in [3.05, 3.63) is 96.1 Å². The van der Waals surface area contributed by atoms with Crippen molar-refractivity contribution in [1.82, 2.24) is 0 Å². The maximum absolute atomic E-state index is 2.39. The number of hydrogen-bond donors (Lipinski definition) is 0. The Labute approximate surface area is 148 Å². The van der Waals surface area contributed by atoms with Crippen LogP contribution in [0.25, 0.3) is 33.0 Å². The third-order valence-corrected chi connectivity index (χ3v) is 5.64. The lowest BCUT2D eigenvalue weighted by atomic mass is 9.79. The zero-order valence-corrected chi connectivity index (χ0v) is 14.6. The van der Waals surface area contributed by atoms with Crippen LogP contribution in [-0.2, 0) is 5.41 Å². The van der Waals surface area contributed by atoms with E-state index in [2.05, 4.69) is 98.8 Å². The molecule has 4 aromatic rings. The number of rotatable bonds is 1. The molecule has 0 fully saturated rings. The van der Waals surface area contributed by atoms with E-state index in [1.165, 1.54) is 44.2 Å². The van der Waals surface area contributed by atoms with Crippen LogP contribution in [0.2, 0.25) is 0 Å². The zero-order valence-electron chi connectivity index (χ0n) is 14.6. The molecule has 1 aliphatic rings. The molecule has 0 spiro atoms. The van der Waals surface area contributed by atoms with Crippen LogP contribution in [0.15, 0.2) is 84.9 Å². The minimum Gasteiger partial charge on any atom is -0.0622 e. The molecule has 0 unspecified atom stereocenters. The van der Waals surface area contributed by atoms with Crippen LogP contribution in [0, 0.1) is 0 Å². The molecule has 0 radical (unpaired) electrons. The maximum Gasteiger partial charge on any atom is 0.0165 e. The summed E-state index contributed by atoms with van der Waals surface area (Å²) >= 11 is 0. The van der Waals surface area contributed by atoms with E-state index in [0.717, 1.165) is 0 Å². The Morgan fingerprint density at radius 2 is 1.32 bits per heavy atom. The van der Waals surface area contributed by atoms with E-state index in [-0.39, 0.29) is 5.41 Å². The van der Waals surface area contributed by atoms with Crippen molar-refractivity contribution < 1.29 is 0 Å². The summed E-state index contributed by atoms with van der Waals surface area (Å²) in [7, 11) is 0. The van der Waals surface area contributed by atoms with Crippen molar-refractivity contribution in [2.45, 2.75) is 19.3 Å². The zero-order chi connectivity index (χ0) is 17.0. The lowest BCUT2D eigenvalue weighted by molar-refractivity contribution is 0.666. The van der Waals surface area contributed by atoms with Crippen LogP contribution >= 0.6 is 0 Å². The summed E-state index contributed by atoms with van der Waals surface area (Å²) in [4.78, 5) is 0. The normalized spacial score (nSPS) is 14.3. The van der Waals surface area contributed by atoms with E-state index in [1.807, 2.05) is 0 Å². The highest BCUT2D eigenvalue weighted by Crippen LogP contribution is 2.51. The molecule has 25 heavy (non-hydrogen) atoms. The molecule has 0 amide bonds.